The van der Waals surface area contributed by atoms with Crippen LogP contribution in [0.25, 0.3) is 0 Å². The average Bonchev–Trinajstić information content (AvgIpc) is 3.27. The van der Waals surface area contributed by atoms with Crippen molar-refractivity contribution in [3.8, 4) is 0 Å². The van der Waals surface area contributed by atoms with E-state index in [2.05, 4.69) is 4.90 Å². The van der Waals surface area contributed by atoms with Gasteiger partial charge in [0, 0.05) is 46.4 Å². The first-order valence-electron chi connectivity index (χ1n) is 8.69. The van der Waals surface area contributed by atoms with Crippen LogP contribution in [0.1, 0.15) is 12.8 Å². The lowest BCUT2D eigenvalue weighted by molar-refractivity contribution is -0.133. The molecule has 1 aromatic rings. The number of piperazine rings is 1. The van der Waals surface area contributed by atoms with Crippen LogP contribution < -0.4 is 0 Å². The van der Waals surface area contributed by atoms with E-state index in [0.29, 0.717) is 23.5 Å². The molecule has 3 heterocycles. The molecule has 2 aliphatic heterocycles. The Morgan fingerprint density at radius 2 is 2.08 bits per heavy atom. The third-order valence-corrected chi connectivity index (χ3v) is 8.28. The number of hydrogen-bond acceptors (Lipinski definition) is 6. The highest BCUT2D eigenvalue weighted by molar-refractivity contribution is 7.91. The molecular weight excluding hydrogens is 398 g/mol. The summed E-state index contributed by atoms with van der Waals surface area (Å²) in [6, 6.07) is 3.01. The molecule has 26 heavy (non-hydrogen) atoms. The number of rotatable bonds is 6. The third-order valence-electron chi connectivity index (χ3n) is 4.78. The van der Waals surface area contributed by atoms with E-state index >= 15 is 0 Å². The Bertz CT molecular complexity index is 726. The molecule has 2 aliphatic rings. The van der Waals surface area contributed by atoms with Crippen LogP contribution in [0, 0.1) is 0 Å². The Hall–Kier alpha value is -0.710. The molecule has 0 spiro atoms. The number of amides is 1. The molecule has 0 radical (unpaired) electrons. The van der Waals surface area contributed by atoms with Crippen LogP contribution >= 0.6 is 22.9 Å². The lowest BCUT2D eigenvalue weighted by Crippen LogP contribution is -2.52. The molecule has 146 valence electrons. The molecule has 1 aromatic heterocycles. The number of ether oxygens (including phenoxy) is 1. The van der Waals surface area contributed by atoms with Gasteiger partial charge >= 0.3 is 0 Å². The van der Waals surface area contributed by atoms with Gasteiger partial charge in [-0.2, -0.15) is 4.31 Å². The topological polar surface area (TPSA) is 70.2 Å². The summed E-state index contributed by atoms with van der Waals surface area (Å²) in [5, 5.41) is 0. The minimum atomic E-state index is -3.69. The van der Waals surface area contributed by atoms with Crippen LogP contribution in [0.4, 0.5) is 0 Å². The lowest BCUT2D eigenvalue weighted by Gasteiger charge is -2.36. The number of sulfonamides is 1. The van der Waals surface area contributed by atoms with Crippen molar-refractivity contribution in [2.45, 2.75) is 23.2 Å². The van der Waals surface area contributed by atoms with Crippen LogP contribution in [-0.4, -0.2) is 87.5 Å². The number of thiophene rings is 1. The van der Waals surface area contributed by atoms with Crippen molar-refractivity contribution in [1.82, 2.24) is 14.1 Å². The first-order valence-corrected chi connectivity index (χ1v) is 11.3. The van der Waals surface area contributed by atoms with E-state index in [1.807, 2.05) is 0 Å². The molecule has 0 N–H and O–H groups in total. The van der Waals surface area contributed by atoms with Crippen LogP contribution in [0.15, 0.2) is 16.3 Å². The largest absolute Gasteiger partial charge is 0.377 e. The predicted octanol–water partition coefficient (Wildman–Crippen LogP) is 1.35. The van der Waals surface area contributed by atoms with E-state index < -0.39 is 10.0 Å². The average molecular weight is 422 g/mol. The summed E-state index contributed by atoms with van der Waals surface area (Å²) in [7, 11) is -2.26. The second-order valence-corrected chi connectivity index (χ2v) is 10.6. The molecule has 1 unspecified atom stereocenters. The van der Waals surface area contributed by atoms with E-state index in [4.69, 9.17) is 16.3 Å². The molecule has 0 saturated carbocycles. The zero-order valence-electron chi connectivity index (χ0n) is 14.8. The van der Waals surface area contributed by atoms with E-state index in [1.54, 1.807) is 11.0 Å². The highest BCUT2D eigenvalue weighted by atomic mass is 35.5. The highest BCUT2D eigenvalue weighted by Crippen LogP contribution is 2.27. The summed E-state index contributed by atoms with van der Waals surface area (Å²) in [5.74, 6) is -0.171. The minimum absolute atomic E-state index is 0.152. The van der Waals surface area contributed by atoms with Crippen LogP contribution in [0.5, 0.6) is 0 Å². The molecule has 2 fully saturated rings. The smallest absolute Gasteiger partial charge is 0.252 e. The molecule has 10 heteroatoms. The minimum Gasteiger partial charge on any atom is -0.377 e. The second kappa shape index (κ2) is 8.53. The highest BCUT2D eigenvalue weighted by Gasteiger charge is 2.29. The molecular formula is C16H24ClN3O4S2. The van der Waals surface area contributed by atoms with Gasteiger partial charge in [0.2, 0.25) is 5.91 Å². The van der Waals surface area contributed by atoms with Gasteiger partial charge < -0.3 is 9.64 Å². The molecule has 0 aromatic carbocycles. The van der Waals surface area contributed by atoms with Gasteiger partial charge in [-0.15, -0.1) is 11.3 Å². The summed E-state index contributed by atoms with van der Waals surface area (Å²) in [6.45, 7) is 4.41. The van der Waals surface area contributed by atoms with Crippen molar-refractivity contribution < 1.29 is 17.9 Å². The fourth-order valence-electron chi connectivity index (χ4n) is 3.22. The molecule has 0 bridgehead atoms. The standard InChI is InChI=1S/C16H24ClN3O4S2/c1-18(26(22,23)16-5-4-14(17)25-16)12-15(21)20-8-6-19(7-9-20)11-13-3-2-10-24-13/h4-5,13H,2-3,6-12H2,1H3. The fourth-order valence-corrected chi connectivity index (χ4v) is 6.04. The van der Waals surface area contributed by atoms with E-state index in [9.17, 15) is 13.2 Å². The van der Waals surface area contributed by atoms with Crippen LogP contribution in [0.2, 0.25) is 4.34 Å². The van der Waals surface area contributed by atoms with Crippen LogP contribution in [0.3, 0.4) is 0 Å². The number of carbonyl (C=O) groups is 1. The summed E-state index contributed by atoms with van der Waals surface area (Å²) in [4.78, 5) is 16.5. The van der Waals surface area contributed by atoms with Crippen molar-refractivity contribution >= 4 is 38.9 Å². The van der Waals surface area contributed by atoms with Crippen molar-refractivity contribution in [1.29, 1.82) is 0 Å². The Morgan fingerprint density at radius 1 is 1.35 bits per heavy atom. The maximum absolute atomic E-state index is 12.5. The zero-order valence-corrected chi connectivity index (χ0v) is 17.2. The van der Waals surface area contributed by atoms with E-state index in [1.165, 1.54) is 13.1 Å². The summed E-state index contributed by atoms with van der Waals surface area (Å²) < 4.78 is 32.3. The SMILES string of the molecule is CN(CC(=O)N1CCN(CC2CCCO2)CC1)S(=O)(=O)c1ccc(Cl)s1. The van der Waals surface area contributed by atoms with Gasteiger partial charge in [-0.3, -0.25) is 9.69 Å². The number of halogens is 1. The zero-order chi connectivity index (χ0) is 18.7. The van der Waals surface area contributed by atoms with Crippen LogP contribution in [-0.2, 0) is 19.6 Å². The molecule has 7 nitrogen and oxygen atoms in total. The summed E-state index contributed by atoms with van der Waals surface area (Å²) in [5.41, 5.74) is 0. The van der Waals surface area contributed by atoms with Crippen molar-refractivity contribution in [2.24, 2.45) is 0 Å². The summed E-state index contributed by atoms with van der Waals surface area (Å²) in [6.07, 6.45) is 2.54. The normalized spacial score (nSPS) is 22.3. The Balaban J connectivity index is 1.49. The van der Waals surface area contributed by atoms with Crippen molar-refractivity contribution in [3.63, 3.8) is 0 Å². The number of nitrogens with zero attached hydrogens (tertiary/aromatic N) is 3. The van der Waals surface area contributed by atoms with Gasteiger partial charge in [-0.25, -0.2) is 8.42 Å². The second-order valence-electron chi connectivity index (χ2n) is 6.64. The maximum atomic E-state index is 12.5. The van der Waals surface area contributed by atoms with Gasteiger partial charge in [0.15, 0.2) is 0 Å². The predicted molar refractivity (Wildman–Crippen MR) is 101 cm³/mol. The molecule has 3 rings (SSSR count). The van der Waals surface area contributed by atoms with E-state index in [0.717, 1.165) is 54.7 Å². The van der Waals surface area contributed by atoms with Gasteiger partial charge in [0.05, 0.1) is 17.0 Å². The first-order chi connectivity index (χ1) is 12.4. The fraction of sp³-hybridized carbons (Fsp3) is 0.688. The van der Waals surface area contributed by atoms with Gasteiger partial charge in [0.1, 0.15) is 4.21 Å². The number of likely N-dealkylation sites (N-methyl/N-ethyl adjacent to an activating group) is 1. The molecule has 2 saturated heterocycles. The Kier molecular flexibility index (Phi) is 6.58. The summed E-state index contributed by atoms with van der Waals surface area (Å²) >= 11 is 6.81. The van der Waals surface area contributed by atoms with Crippen molar-refractivity contribution in [3.05, 3.63) is 16.5 Å². The number of hydrogen-bond donors (Lipinski definition) is 0. The monoisotopic (exact) mass is 421 g/mol. The van der Waals surface area contributed by atoms with Gasteiger partial charge in [-0.1, -0.05) is 11.6 Å². The lowest BCUT2D eigenvalue weighted by atomic mass is 10.2. The maximum Gasteiger partial charge on any atom is 0.252 e. The quantitative estimate of drug-likeness (QED) is 0.693. The van der Waals surface area contributed by atoms with Crippen molar-refractivity contribution in [2.75, 3.05) is 52.9 Å². The Morgan fingerprint density at radius 3 is 2.65 bits per heavy atom. The van der Waals surface area contributed by atoms with Gasteiger partial charge in [-0.05, 0) is 25.0 Å². The molecule has 1 amide bonds. The third kappa shape index (κ3) is 4.76. The first kappa shape index (κ1) is 20.0. The van der Waals surface area contributed by atoms with Gasteiger partial charge in [0.25, 0.3) is 10.0 Å². The Labute approximate surface area is 163 Å². The molecule has 1 atom stereocenters. The van der Waals surface area contributed by atoms with E-state index in [-0.39, 0.29) is 16.7 Å². The molecule has 0 aliphatic carbocycles. The number of carbonyl (C=O) groups excluding carboxylic acids is 1.